The smallest absolute Gasteiger partial charge is 0.311 e. The van der Waals surface area contributed by atoms with Crippen LogP contribution in [0.25, 0.3) is 0 Å². The van der Waals surface area contributed by atoms with E-state index in [1.54, 1.807) is 4.90 Å². The van der Waals surface area contributed by atoms with Crippen molar-refractivity contribution < 1.29 is 9.59 Å². The minimum Gasteiger partial charge on any atom is -0.345 e. The predicted molar refractivity (Wildman–Crippen MR) is 47.0 cm³/mol. The maximum absolute atomic E-state index is 11.4. The van der Waals surface area contributed by atoms with E-state index < -0.39 is 5.91 Å². The van der Waals surface area contributed by atoms with Crippen molar-refractivity contribution in [3.8, 4) is 0 Å². The molecule has 2 fully saturated rings. The van der Waals surface area contributed by atoms with Crippen LogP contribution in [0.1, 0.15) is 25.7 Å². The van der Waals surface area contributed by atoms with E-state index in [1.807, 2.05) is 0 Å². The van der Waals surface area contributed by atoms with Gasteiger partial charge in [0.15, 0.2) is 0 Å². The Morgan fingerprint density at radius 3 is 2.31 bits per heavy atom. The van der Waals surface area contributed by atoms with Crippen molar-refractivity contribution in [3.63, 3.8) is 0 Å². The van der Waals surface area contributed by atoms with Gasteiger partial charge in [0, 0.05) is 19.1 Å². The molecule has 4 nitrogen and oxygen atoms in total. The van der Waals surface area contributed by atoms with Gasteiger partial charge in [-0.15, -0.1) is 0 Å². The molecule has 1 heterocycles. The first-order chi connectivity index (χ1) is 6.27. The van der Waals surface area contributed by atoms with Crippen molar-refractivity contribution in [2.24, 2.45) is 0 Å². The Morgan fingerprint density at radius 1 is 1.15 bits per heavy atom. The van der Waals surface area contributed by atoms with Gasteiger partial charge in [0.2, 0.25) is 0 Å². The van der Waals surface area contributed by atoms with Gasteiger partial charge in [-0.2, -0.15) is 0 Å². The van der Waals surface area contributed by atoms with Crippen molar-refractivity contribution in [3.05, 3.63) is 0 Å². The van der Waals surface area contributed by atoms with Gasteiger partial charge in [0.05, 0.1) is 0 Å². The molecule has 0 spiro atoms. The highest BCUT2D eigenvalue weighted by molar-refractivity contribution is 6.35. The summed E-state index contributed by atoms with van der Waals surface area (Å²) >= 11 is 0. The monoisotopic (exact) mass is 182 g/mol. The molecular weight excluding hydrogens is 168 g/mol. The second-order valence-electron chi connectivity index (χ2n) is 3.75. The normalized spacial score (nSPS) is 21.7. The SMILES string of the molecule is O=C(NC1CC1)C(=O)N1CCCC1. The van der Waals surface area contributed by atoms with Crippen molar-refractivity contribution in [2.75, 3.05) is 13.1 Å². The Bertz CT molecular complexity index is 230. The minimum absolute atomic E-state index is 0.277. The molecule has 4 heteroatoms. The summed E-state index contributed by atoms with van der Waals surface area (Å²) < 4.78 is 0. The second-order valence-corrected chi connectivity index (χ2v) is 3.75. The zero-order chi connectivity index (χ0) is 9.26. The summed E-state index contributed by atoms with van der Waals surface area (Å²) in [5.41, 5.74) is 0. The molecule has 1 aliphatic heterocycles. The lowest BCUT2D eigenvalue weighted by Gasteiger charge is -2.13. The molecule has 0 atom stereocenters. The number of carbonyl (C=O) groups excluding carboxylic acids is 2. The van der Waals surface area contributed by atoms with Crippen LogP contribution in [0.4, 0.5) is 0 Å². The molecule has 0 aromatic carbocycles. The molecule has 0 bridgehead atoms. The lowest BCUT2D eigenvalue weighted by Crippen LogP contribution is -2.42. The molecule has 0 aromatic rings. The van der Waals surface area contributed by atoms with Crippen LogP contribution in [-0.2, 0) is 9.59 Å². The highest BCUT2D eigenvalue weighted by Gasteiger charge is 2.29. The fourth-order valence-corrected chi connectivity index (χ4v) is 1.54. The quantitative estimate of drug-likeness (QED) is 0.575. The van der Waals surface area contributed by atoms with Gasteiger partial charge in [-0.3, -0.25) is 9.59 Å². The molecule has 1 aliphatic carbocycles. The molecule has 0 radical (unpaired) electrons. The fraction of sp³-hybridized carbons (Fsp3) is 0.778. The maximum atomic E-state index is 11.4. The molecular formula is C9H14N2O2. The molecule has 2 aliphatic rings. The minimum atomic E-state index is -0.413. The van der Waals surface area contributed by atoms with Crippen LogP contribution in [0.3, 0.4) is 0 Å². The van der Waals surface area contributed by atoms with Crippen molar-refractivity contribution in [2.45, 2.75) is 31.7 Å². The van der Waals surface area contributed by atoms with Gasteiger partial charge in [0.1, 0.15) is 0 Å². The Morgan fingerprint density at radius 2 is 1.77 bits per heavy atom. The molecule has 0 unspecified atom stereocenters. The molecule has 1 N–H and O–H groups in total. The number of nitrogens with zero attached hydrogens (tertiary/aromatic N) is 1. The third kappa shape index (κ3) is 1.99. The standard InChI is InChI=1S/C9H14N2O2/c12-8(10-7-3-4-7)9(13)11-5-1-2-6-11/h7H,1-6H2,(H,10,12). The van der Waals surface area contributed by atoms with Crippen LogP contribution < -0.4 is 5.32 Å². The van der Waals surface area contributed by atoms with E-state index in [9.17, 15) is 9.59 Å². The number of hydrogen-bond donors (Lipinski definition) is 1. The van der Waals surface area contributed by atoms with Crippen LogP contribution >= 0.6 is 0 Å². The first-order valence-corrected chi connectivity index (χ1v) is 4.87. The Balaban J connectivity index is 1.83. The average Bonchev–Trinajstić information content (AvgIpc) is 2.78. The van der Waals surface area contributed by atoms with E-state index in [0.29, 0.717) is 0 Å². The van der Waals surface area contributed by atoms with Crippen LogP contribution in [-0.4, -0.2) is 35.8 Å². The number of rotatable bonds is 1. The number of hydrogen-bond acceptors (Lipinski definition) is 2. The highest BCUT2D eigenvalue weighted by atomic mass is 16.2. The van der Waals surface area contributed by atoms with E-state index in [1.165, 1.54) is 0 Å². The van der Waals surface area contributed by atoms with Gasteiger partial charge < -0.3 is 10.2 Å². The molecule has 72 valence electrons. The fourth-order valence-electron chi connectivity index (χ4n) is 1.54. The summed E-state index contributed by atoms with van der Waals surface area (Å²) in [6.07, 6.45) is 4.11. The van der Waals surface area contributed by atoms with E-state index >= 15 is 0 Å². The predicted octanol–water partition coefficient (Wildman–Crippen LogP) is -0.113. The Labute approximate surface area is 77.3 Å². The summed E-state index contributed by atoms with van der Waals surface area (Å²) in [6.45, 7) is 1.49. The number of amides is 2. The number of likely N-dealkylation sites (tertiary alicyclic amines) is 1. The molecule has 2 rings (SSSR count). The van der Waals surface area contributed by atoms with Gasteiger partial charge >= 0.3 is 11.8 Å². The second kappa shape index (κ2) is 3.36. The summed E-state index contributed by atoms with van der Waals surface area (Å²) in [6, 6.07) is 0.277. The van der Waals surface area contributed by atoms with Gasteiger partial charge in [-0.25, -0.2) is 0 Å². The molecule has 1 saturated carbocycles. The van der Waals surface area contributed by atoms with Crippen molar-refractivity contribution in [1.82, 2.24) is 10.2 Å². The number of carbonyl (C=O) groups is 2. The van der Waals surface area contributed by atoms with E-state index in [-0.39, 0.29) is 11.9 Å². The maximum Gasteiger partial charge on any atom is 0.311 e. The first kappa shape index (κ1) is 8.53. The molecule has 0 aromatic heterocycles. The van der Waals surface area contributed by atoms with Crippen LogP contribution in [0.5, 0.6) is 0 Å². The zero-order valence-electron chi connectivity index (χ0n) is 7.58. The summed E-state index contributed by atoms with van der Waals surface area (Å²) in [5.74, 6) is -0.756. The number of nitrogens with one attached hydrogen (secondary N) is 1. The van der Waals surface area contributed by atoms with Gasteiger partial charge in [0.25, 0.3) is 0 Å². The first-order valence-electron chi connectivity index (χ1n) is 4.87. The lowest BCUT2D eigenvalue weighted by atomic mass is 10.4. The third-order valence-corrected chi connectivity index (χ3v) is 2.50. The van der Waals surface area contributed by atoms with E-state index in [4.69, 9.17) is 0 Å². The van der Waals surface area contributed by atoms with Crippen LogP contribution in [0.2, 0.25) is 0 Å². The van der Waals surface area contributed by atoms with Crippen LogP contribution in [0, 0.1) is 0 Å². The zero-order valence-corrected chi connectivity index (χ0v) is 7.58. The largest absolute Gasteiger partial charge is 0.345 e. The summed E-state index contributed by atoms with van der Waals surface area (Å²) in [7, 11) is 0. The average molecular weight is 182 g/mol. The van der Waals surface area contributed by atoms with Crippen molar-refractivity contribution >= 4 is 11.8 Å². The highest BCUT2D eigenvalue weighted by Crippen LogP contribution is 2.18. The Hall–Kier alpha value is -1.06. The lowest BCUT2D eigenvalue weighted by molar-refractivity contribution is -0.145. The van der Waals surface area contributed by atoms with Crippen molar-refractivity contribution in [1.29, 1.82) is 0 Å². The molecule has 1 saturated heterocycles. The van der Waals surface area contributed by atoms with Crippen LogP contribution in [0.15, 0.2) is 0 Å². The summed E-state index contributed by atoms with van der Waals surface area (Å²) in [5, 5.41) is 2.70. The Kier molecular flexibility index (Phi) is 2.20. The van der Waals surface area contributed by atoms with Gasteiger partial charge in [-0.1, -0.05) is 0 Å². The molecule has 2 amide bonds. The van der Waals surface area contributed by atoms with E-state index in [0.717, 1.165) is 38.8 Å². The third-order valence-electron chi connectivity index (χ3n) is 2.50. The summed E-state index contributed by atoms with van der Waals surface area (Å²) in [4.78, 5) is 24.3. The van der Waals surface area contributed by atoms with Gasteiger partial charge in [-0.05, 0) is 25.7 Å². The van der Waals surface area contributed by atoms with E-state index in [2.05, 4.69) is 5.32 Å². The molecule has 13 heavy (non-hydrogen) atoms. The topological polar surface area (TPSA) is 49.4 Å².